The van der Waals surface area contributed by atoms with Crippen LogP contribution < -0.4 is 0 Å². The van der Waals surface area contributed by atoms with E-state index in [4.69, 9.17) is 18.9 Å². The summed E-state index contributed by atoms with van der Waals surface area (Å²) < 4.78 is 26.7. The van der Waals surface area contributed by atoms with E-state index < -0.39 is 5.41 Å². The Hall–Kier alpha value is -2.12. The largest absolute Gasteiger partial charge is 0.464 e. The monoisotopic (exact) mass is 1310 g/mol. The summed E-state index contributed by atoms with van der Waals surface area (Å²) in [5, 5.41) is 0. The van der Waals surface area contributed by atoms with E-state index in [1.807, 2.05) is 0 Å². The van der Waals surface area contributed by atoms with E-state index in [-0.39, 0.29) is 74.0 Å². The van der Waals surface area contributed by atoms with Crippen LogP contribution in [0.2, 0.25) is 0 Å². The highest BCUT2D eigenvalue weighted by atomic mass is 16.6. The molecule has 0 aliphatic carbocycles. The minimum absolute atomic E-state index is 0.148. The number of unbranched alkanes of at least 4 members (excludes halogenated alkanes) is 48. The molecule has 0 spiro atoms. The zero-order chi connectivity index (χ0) is 68.0. The van der Waals surface area contributed by atoms with Gasteiger partial charge in [-0.15, -0.1) is 0 Å². The van der Waals surface area contributed by atoms with Crippen LogP contribution in [0.15, 0.2) is 0 Å². The van der Waals surface area contributed by atoms with Gasteiger partial charge in [0.15, 0.2) is 0 Å². The normalized spacial score (nSPS) is 13.6. The van der Waals surface area contributed by atoms with E-state index in [1.165, 1.54) is 257 Å². The Kier molecular flexibility index (Phi) is 69.6. The average Bonchev–Trinajstić information content (AvgIpc) is 1.33. The molecule has 0 amide bonds. The van der Waals surface area contributed by atoms with Gasteiger partial charge in [-0.1, -0.05) is 415 Å². The van der Waals surface area contributed by atoms with Crippen LogP contribution in [0.4, 0.5) is 0 Å². The molecule has 0 aromatic heterocycles. The summed E-state index contributed by atoms with van der Waals surface area (Å²) >= 11 is 0. The molecule has 0 saturated heterocycles. The summed E-state index contributed by atoms with van der Waals surface area (Å²) in [5.41, 5.74) is -1.28. The predicted octanol–water partition coefficient (Wildman–Crippen LogP) is 27.7. The fourth-order valence-corrected chi connectivity index (χ4v) is 13.9. The lowest BCUT2D eigenvalue weighted by atomic mass is 9.90. The van der Waals surface area contributed by atoms with Crippen molar-refractivity contribution in [2.45, 2.75) is 466 Å². The van der Waals surface area contributed by atoms with Crippen molar-refractivity contribution in [2.24, 2.45) is 29.1 Å². The number of hydrogen-bond donors (Lipinski definition) is 0. The van der Waals surface area contributed by atoms with Crippen molar-refractivity contribution in [3.05, 3.63) is 0 Å². The molecule has 93 heavy (non-hydrogen) atoms. The maximum Gasteiger partial charge on any atom is 0.308 e. The van der Waals surface area contributed by atoms with E-state index in [9.17, 15) is 19.2 Å². The Morgan fingerprint density at radius 3 is 0.409 bits per heavy atom. The topological polar surface area (TPSA) is 105 Å². The Morgan fingerprint density at radius 1 is 0.183 bits per heavy atom. The molecule has 0 aromatic rings. The third-order valence-corrected chi connectivity index (χ3v) is 20.7. The highest BCUT2D eigenvalue weighted by Gasteiger charge is 2.40. The lowest BCUT2D eigenvalue weighted by molar-refractivity contribution is -0.176. The van der Waals surface area contributed by atoms with Gasteiger partial charge in [0.2, 0.25) is 0 Å². The van der Waals surface area contributed by atoms with Crippen molar-refractivity contribution in [3.8, 4) is 0 Å². The molecule has 0 saturated carbocycles. The first-order chi connectivity index (χ1) is 45.6. The second kappa shape index (κ2) is 71.2. The van der Waals surface area contributed by atoms with Crippen LogP contribution in [0.3, 0.4) is 0 Å². The van der Waals surface area contributed by atoms with Crippen LogP contribution in [0, 0.1) is 29.1 Å². The molecule has 8 nitrogen and oxygen atoms in total. The van der Waals surface area contributed by atoms with Crippen LogP contribution in [-0.2, 0) is 38.1 Å². The van der Waals surface area contributed by atoms with Crippen molar-refractivity contribution < 1.29 is 38.1 Å². The predicted molar refractivity (Wildman–Crippen MR) is 401 cm³/mol. The van der Waals surface area contributed by atoms with E-state index in [2.05, 4.69) is 55.4 Å². The average molecular weight is 1310 g/mol. The van der Waals surface area contributed by atoms with Crippen molar-refractivity contribution in [3.63, 3.8) is 0 Å². The molecule has 0 N–H and O–H groups in total. The van der Waals surface area contributed by atoms with Crippen LogP contribution in [0.25, 0.3) is 0 Å². The van der Waals surface area contributed by atoms with Crippen LogP contribution in [-0.4, -0.2) is 50.3 Å². The Labute approximate surface area is 580 Å². The second-order valence-electron chi connectivity index (χ2n) is 30.0. The SMILES string of the molecule is CCCCCCCCCCC(CCCCCCCC)C(=O)OCC(COC(=O)C(CCCCCCCC)CCCCCCCCCC)(COC(=O)C(CCCCCCCC)CCCCCCCCCC)COC(=O)C(CCCCCCCC)CCCCCCCCCC. The summed E-state index contributed by atoms with van der Waals surface area (Å²) in [6, 6.07) is 0. The molecular formula is C85H164O8. The van der Waals surface area contributed by atoms with E-state index in [1.54, 1.807) is 0 Å². The fraction of sp³-hybridized carbons (Fsp3) is 0.953. The molecule has 4 unspecified atom stereocenters. The highest BCUT2D eigenvalue weighted by molar-refractivity contribution is 5.74. The molecule has 0 aliphatic heterocycles. The summed E-state index contributed by atoms with van der Waals surface area (Å²) in [6.07, 6.45) is 72.4. The molecule has 0 fully saturated rings. The number of ether oxygens (including phenoxy) is 4. The van der Waals surface area contributed by atoms with Crippen molar-refractivity contribution in [1.82, 2.24) is 0 Å². The number of hydrogen-bond acceptors (Lipinski definition) is 8. The van der Waals surface area contributed by atoms with E-state index >= 15 is 0 Å². The fourth-order valence-electron chi connectivity index (χ4n) is 13.9. The first-order valence-corrected chi connectivity index (χ1v) is 42.3. The maximum absolute atomic E-state index is 15.0. The zero-order valence-electron chi connectivity index (χ0n) is 64.2. The molecule has 4 atom stereocenters. The first-order valence-electron chi connectivity index (χ1n) is 42.3. The number of rotatable bonds is 76. The third-order valence-electron chi connectivity index (χ3n) is 20.7. The maximum atomic E-state index is 15.0. The van der Waals surface area contributed by atoms with Gasteiger partial charge in [-0.3, -0.25) is 19.2 Å². The molecule has 8 heteroatoms. The van der Waals surface area contributed by atoms with Gasteiger partial charge in [0, 0.05) is 0 Å². The quantitative estimate of drug-likeness (QED) is 0.0337. The first kappa shape index (κ1) is 90.9. The standard InChI is InChI=1S/C85H164O8/c1-9-17-25-33-41-45-53-61-69-77(65-57-49-37-29-21-13-5)81(86)90-73-85(74-91-82(87)78(66-58-50-38-30-22-14-6)70-62-54-46-42-34-26-18-10-2,75-92-83(88)79(67-59-51-39-31-23-15-7)71-63-55-47-43-35-27-19-11-3)76-93-84(89)80(68-60-52-40-32-24-16-8)72-64-56-48-44-36-28-20-12-4/h77-80H,9-76H2,1-8H3. The molecular weight excluding hydrogens is 1150 g/mol. The van der Waals surface area contributed by atoms with Gasteiger partial charge in [-0.25, -0.2) is 0 Å². The van der Waals surface area contributed by atoms with Gasteiger partial charge in [0.25, 0.3) is 0 Å². The van der Waals surface area contributed by atoms with Crippen molar-refractivity contribution in [2.75, 3.05) is 26.4 Å². The van der Waals surface area contributed by atoms with Gasteiger partial charge in [-0.05, 0) is 51.4 Å². The van der Waals surface area contributed by atoms with E-state index in [0.717, 1.165) is 154 Å². The summed E-state index contributed by atoms with van der Waals surface area (Å²) in [5.74, 6) is -1.89. The minimum atomic E-state index is -1.28. The van der Waals surface area contributed by atoms with Gasteiger partial charge < -0.3 is 18.9 Å². The van der Waals surface area contributed by atoms with E-state index in [0.29, 0.717) is 0 Å². The van der Waals surface area contributed by atoms with Gasteiger partial charge in [0.05, 0.1) is 23.7 Å². The summed E-state index contributed by atoms with van der Waals surface area (Å²) in [4.78, 5) is 59.8. The van der Waals surface area contributed by atoms with Crippen molar-refractivity contribution >= 4 is 23.9 Å². The molecule has 0 radical (unpaired) electrons. The highest BCUT2D eigenvalue weighted by Crippen LogP contribution is 2.31. The van der Waals surface area contributed by atoms with Gasteiger partial charge >= 0.3 is 23.9 Å². The third kappa shape index (κ3) is 57.5. The van der Waals surface area contributed by atoms with Gasteiger partial charge in [-0.2, -0.15) is 0 Å². The molecule has 0 bridgehead atoms. The van der Waals surface area contributed by atoms with Crippen LogP contribution in [0.1, 0.15) is 466 Å². The Morgan fingerprint density at radius 2 is 0.290 bits per heavy atom. The number of carbonyl (C=O) groups is 4. The summed E-state index contributed by atoms with van der Waals surface area (Å²) in [6.45, 7) is 17.5. The number of carbonyl (C=O) groups excluding carboxylic acids is 4. The molecule has 0 aliphatic rings. The number of esters is 4. The van der Waals surface area contributed by atoms with Crippen LogP contribution in [0.5, 0.6) is 0 Å². The second-order valence-corrected chi connectivity index (χ2v) is 30.0. The lowest BCUT2D eigenvalue weighted by Crippen LogP contribution is -2.45. The zero-order valence-corrected chi connectivity index (χ0v) is 64.2. The Bertz CT molecular complexity index is 1350. The van der Waals surface area contributed by atoms with Gasteiger partial charge in [0.1, 0.15) is 31.8 Å². The van der Waals surface area contributed by atoms with Crippen LogP contribution >= 0.6 is 0 Å². The molecule has 0 rings (SSSR count). The summed E-state index contributed by atoms with van der Waals surface area (Å²) in [7, 11) is 0. The lowest BCUT2D eigenvalue weighted by Gasteiger charge is -2.33. The minimum Gasteiger partial charge on any atom is -0.464 e. The van der Waals surface area contributed by atoms with Crippen molar-refractivity contribution in [1.29, 1.82) is 0 Å². The molecule has 0 heterocycles. The smallest absolute Gasteiger partial charge is 0.308 e. The Balaban J connectivity index is 7.64. The molecule has 552 valence electrons. The molecule has 0 aromatic carbocycles.